The fraction of sp³-hybridized carbons (Fsp3) is 0.273. The van der Waals surface area contributed by atoms with Crippen LogP contribution in [0.15, 0.2) is 29.0 Å². The average molecular weight is 270 g/mol. The summed E-state index contributed by atoms with van der Waals surface area (Å²) < 4.78 is 5.58. The number of aromatic nitrogens is 1. The van der Waals surface area contributed by atoms with E-state index in [9.17, 15) is 4.79 Å². The highest BCUT2D eigenvalue weighted by Gasteiger charge is 1.96. The molecular formula is C11H12BrNO2. The minimum absolute atomic E-state index is 0.209. The van der Waals surface area contributed by atoms with Crippen LogP contribution in [-0.2, 0) is 9.53 Å². The van der Waals surface area contributed by atoms with E-state index in [2.05, 4.69) is 20.9 Å². The standard InChI is InChI=1S/C11H12BrNO2/c1-2-15-11(14)5-3-4-9-6-7-10(12)13-8-9/h3-4,6-8H,2,5H2,1H3. The highest BCUT2D eigenvalue weighted by atomic mass is 79.9. The maximum absolute atomic E-state index is 11.0. The molecule has 0 atom stereocenters. The lowest BCUT2D eigenvalue weighted by atomic mass is 10.2. The SMILES string of the molecule is CCOC(=O)CC=Cc1ccc(Br)nc1. The van der Waals surface area contributed by atoms with Crippen LogP contribution in [0.2, 0.25) is 0 Å². The summed E-state index contributed by atoms with van der Waals surface area (Å²) in [5.74, 6) is -0.209. The van der Waals surface area contributed by atoms with E-state index >= 15 is 0 Å². The summed E-state index contributed by atoms with van der Waals surface area (Å²) in [6.45, 7) is 2.22. The van der Waals surface area contributed by atoms with Crippen molar-refractivity contribution in [2.45, 2.75) is 13.3 Å². The summed E-state index contributed by atoms with van der Waals surface area (Å²) in [6, 6.07) is 3.77. The van der Waals surface area contributed by atoms with Crippen molar-refractivity contribution in [2.24, 2.45) is 0 Å². The molecule has 1 rings (SSSR count). The molecule has 0 radical (unpaired) electrons. The maximum atomic E-state index is 11.0. The molecule has 0 aromatic carbocycles. The minimum atomic E-state index is -0.209. The predicted molar refractivity (Wildman–Crippen MR) is 62.2 cm³/mol. The summed E-state index contributed by atoms with van der Waals surface area (Å²) in [5, 5.41) is 0. The molecule has 0 bridgehead atoms. The Kier molecular flexibility index (Phi) is 5.04. The lowest BCUT2D eigenvalue weighted by molar-refractivity contribution is -0.142. The highest BCUT2D eigenvalue weighted by molar-refractivity contribution is 9.10. The van der Waals surface area contributed by atoms with Crippen LogP contribution >= 0.6 is 15.9 Å². The van der Waals surface area contributed by atoms with E-state index in [0.29, 0.717) is 13.0 Å². The molecule has 0 N–H and O–H groups in total. The van der Waals surface area contributed by atoms with Gasteiger partial charge in [0.05, 0.1) is 13.0 Å². The minimum Gasteiger partial charge on any atom is -0.466 e. The smallest absolute Gasteiger partial charge is 0.309 e. The second kappa shape index (κ2) is 6.35. The van der Waals surface area contributed by atoms with Crippen molar-refractivity contribution in [1.29, 1.82) is 0 Å². The Morgan fingerprint density at radius 2 is 2.40 bits per heavy atom. The number of hydrogen-bond acceptors (Lipinski definition) is 3. The summed E-state index contributed by atoms with van der Waals surface area (Å²) in [4.78, 5) is 15.1. The maximum Gasteiger partial charge on any atom is 0.309 e. The molecule has 0 aliphatic rings. The van der Waals surface area contributed by atoms with Crippen LogP contribution in [0.25, 0.3) is 6.08 Å². The fourth-order valence-corrected chi connectivity index (χ4v) is 1.23. The Morgan fingerprint density at radius 3 is 3.00 bits per heavy atom. The van der Waals surface area contributed by atoms with Gasteiger partial charge in [-0.15, -0.1) is 0 Å². The van der Waals surface area contributed by atoms with Crippen LogP contribution in [0.3, 0.4) is 0 Å². The Hall–Kier alpha value is -1.16. The van der Waals surface area contributed by atoms with Gasteiger partial charge in [-0.2, -0.15) is 0 Å². The van der Waals surface area contributed by atoms with Crippen molar-refractivity contribution in [2.75, 3.05) is 6.61 Å². The van der Waals surface area contributed by atoms with Gasteiger partial charge in [0.2, 0.25) is 0 Å². The zero-order valence-electron chi connectivity index (χ0n) is 8.44. The number of carbonyl (C=O) groups is 1. The molecule has 15 heavy (non-hydrogen) atoms. The summed E-state index contributed by atoms with van der Waals surface area (Å²) in [7, 11) is 0. The van der Waals surface area contributed by atoms with E-state index in [4.69, 9.17) is 4.74 Å². The topological polar surface area (TPSA) is 39.2 Å². The average Bonchev–Trinajstić information content (AvgIpc) is 2.21. The molecule has 80 valence electrons. The first-order valence-corrected chi connectivity index (χ1v) is 5.45. The number of rotatable bonds is 4. The lowest BCUT2D eigenvalue weighted by Gasteiger charge is -1.96. The largest absolute Gasteiger partial charge is 0.466 e. The number of carbonyl (C=O) groups excluding carboxylic acids is 1. The first-order valence-electron chi connectivity index (χ1n) is 4.66. The van der Waals surface area contributed by atoms with Gasteiger partial charge in [-0.1, -0.05) is 18.2 Å². The molecular weight excluding hydrogens is 258 g/mol. The third-order valence-electron chi connectivity index (χ3n) is 1.65. The van der Waals surface area contributed by atoms with Gasteiger partial charge in [0.15, 0.2) is 0 Å². The van der Waals surface area contributed by atoms with Gasteiger partial charge < -0.3 is 4.74 Å². The highest BCUT2D eigenvalue weighted by Crippen LogP contribution is 2.07. The van der Waals surface area contributed by atoms with E-state index in [0.717, 1.165) is 10.2 Å². The zero-order chi connectivity index (χ0) is 11.1. The summed E-state index contributed by atoms with van der Waals surface area (Å²) >= 11 is 3.25. The fourth-order valence-electron chi connectivity index (χ4n) is 0.997. The first-order chi connectivity index (χ1) is 7.22. The Balaban J connectivity index is 2.44. The second-order valence-corrected chi connectivity index (χ2v) is 3.64. The van der Waals surface area contributed by atoms with E-state index in [1.54, 1.807) is 19.2 Å². The molecule has 4 heteroatoms. The zero-order valence-corrected chi connectivity index (χ0v) is 10.0. The third-order valence-corrected chi connectivity index (χ3v) is 2.12. The van der Waals surface area contributed by atoms with Gasteiger partial charge in [-0.3, -0.25) is 4.79 Å². The number of esters is 1. The number of ether oxygens (including phenoxy) is 1. The van der Waals surface area contributed by atoms with Crippen molar-refractivity contribution in [3.63, 3.8) is 0 Å². The summed E-state index contributed by atoms with van der Waals surface area (Å²) in [6.07, 6.45) is 5.63. The van der Waals surface area contributed by atoms with Crippen LogP contribution in [0, 0.1) is 0 Å². The van der Waals surface area contributed by atoms with Gasteiger partial charge in [-0.05, 0) is 34.5 Å². The van der Waals surface area contributed by atoms with Crippen molar-refractivity contribution in [3.05, 3.63) is 34.6 Å². The Labute approximate surface area is 97.3 Å². The van der Waals surface area contributed by atoms with Crippen LogP contribution < -0.4 is 0 Å². The van der Waals surface area contributed by atoms with Crippen LogP contribution in [0.4, 0.5) is 0 Å². The van der Waals surface area contributed by atoms with E-state index in [1.807, 2.05) is 18.2 Å². The van der Waals surface area contributed by atoms with E-state index in [-0.39, 0.29) is 5.97 Å². The van der Waals surface area contributed by atoms with Gasteiger partial charge in [-0.25, -0.2) is 4.98 Å². The third kappa shape index (κ3) is 4.74. The second-order valence-electron chi connectivity index (χ2n) is 2.83. The van der Waals surface area contributed by atoms with Crippen LogP contribution in [-0.4, -0.2) is 17.6 Å². The molecule has 0 spiro atoms. The molecule has 1 aromatic rings. The Bertz CT molecular complexity index is 346. The summed E-state index contributed by atoms with van der Waals surface area (Å²) in [5.41, 5.74) is 0.961. The lowest BCUT2D eigenvalue weighted by Crippen LogP contribution is -2.01. The van der Waals surface area contributed by atoms with Crippen molar-refractivity contribution in [1.82, 2.24) is 4.98 Å². The van der Waals surface area contributed by atoms with E-state index in [1.165, 1.54) is 0 Å². The Morgan fingerprint density at radius 1 is 1.60 bits per heavy atom. The van der Waals surface area contributed by atoms with Crippen molar-refractivity contribution < 1.29 is 9.53 Å². The quantitative estimate of drug-likeness (QED) is 0.623. The molecule has 1 heterocycles. The molecule has 1 aromatic heterocycles. The molecule has 3 nitrogen and oxygen atoms in total. The van der Waals surface area contributed by atoms with Gasteiger partial charge >= 0.3 is 5.97 Å². The number of hydrogen-bond donors (Lipinski definition) is 0. The van der Waals surface area contributed by atoms with Gasteiger partial charge in [0.25, 0.3) is 0 Å². The number of halogens is 1. The molecule has 0 saturated heterocycles. The predicted octanol–water partition coefficient (Wildman–Crippen LogP) is 2.81. The number of pyridine rings is 1. The van der Waals surface area contributed by atoms with Crippen molar-refractivity contribution in [3.8, 4) is 0 Å². The van der Waals surface area contributed by atoms with Crippen LogP contribution in [0.1, 0.15) is 18.9 Å². The molecule has 0 unspecified atom stereocenters. The molecule has 0 aliphatic heterocycles. The van der Waals surface area contributed by atoms with Gasteiger partial charge in [0.1, 0.15) is 4.60 Å². The molecule has 0 fully saturated rings. The normalized spacial score (nSPS) is 10.5. The number of nitrogens with zero attached hydrogens (tertiary/aromatic N) is 1. The van der Waals surface area contributed by atoms with Gasteiger partial charge in [0, 0.05) is 6.20 Å². The molecule has 0 saturated carbocycles. The van der Waals surface area contributed by atoms with Crippen molar-refractivity contribution >= 4 is 28.0 Å². The van der Waals surface area contributed by atoms with E-state index < -0.39 is 0 Å². The molecule has 0 amide bonds. The van der Waals surface area contributed by atoms with Crippen LogP contribution in [0.5, 0.6) is 0 Å². The monoisotopic (exact) mass is 269 g/mol. The first kappa shape index (κ1) is 11.9. The molecule has 0 aliphatic carbocycles.